The van der Waals surface area contributed by atoms with Crippen molar-refractivity contribution in [3.63, 3.8) is 0 Å². The van der Waals surface area contributed by atoms with Crippen LogP contribution in [0.5, 0.6) is 0 Å². The van der Waals surface area contributed by atoms with E-state index >= 15 is 0 Å². The molecule has 7 nitrogen and oxygen atoms in total. The van der Waals surface area contributed by atoms with Crippen LogP contribution >= 0.6 is 0 Å². The second kappa shape index (κ2) is 8.14. The third-order valence-electron chi connectivity index (χ3n) is 5.57. The van der Waals surface area contributed by atoms with Gasteiger partial charge in [-0.15, -0.1) is 0 Å². The Morgan fingerprint density at radius 2 is 1.43 bits per heavy atom. The molecule has 0 spiro atoms. The maximum absolute atomic E-state index is 13.1. The highest BCUT2D eigenvalue weighted by Gasteiger charge is 2.23. The number of benzene rings is 2. The number of para-hydroxylation sites is 2. The molecule has 0 N–H and O–H groups in total. The van der Waals surface area contributed by atoms with Gasteiger partial charge in [0.25, 0.3) is 0 Å². The van der Waals surface area contributed by atoms with E-state index in [1.54, 1.807) is 41.3 Å². The number of amides is 1. The average molecular weight is 410 g/mol. The SMILES string of the molecule is CCn1c(=O)c(=O)n(CC(=O)N2CCN(c3ccc(F)cc3)CC2)c2ccccc21. The van der Waals surface area contributed by atoms with Crippen molar-refractivity contribution < 1.29 is 9.18 Å². The van der Waals surface area contributed by atoms with Crippen molar-refractivity contribution in [2.45, 2.75) is 20.0 Å². The van der Waals surface area contributed by atoms with E-state index in [1.165, 1.54) is 21.3 Å². The predicted octanol–water partition coefficient (Wildman–Crippen LogP) is 1.67. The van der Waals surface area contributed by atoms with Gasteiger partial charge in [-0.3, -0.25) is 19.0 Å². The molecule has 4 rings (SSSR count). The van der Waals surface area contributed by atoms with Crippen LogP contribution < -0.4 is 16.0 Å². The van der Waals surface area contributed by atoms with Crippen molar-refractivity contribution in [1.29, 1.82) is 0 Å². The van der Waals surface area contributed by atoms with Gasteiger partial charge in [0.1, 0.15) is 12.4 Å². The Morgan fingerprint density at radius 1 is 0.867 bits per heavy atom. The zero-order chi connectivity index (χ0) is 21.3. The summed E-state index contributed by atoms with van der Waals surface area (Å²) < 4.78 is 15.8. The van der Waals surface area contributed by atoms with E-state index in [-0.39, 0.29) is 18.3 Å². The largest absolute Gasteiger partial charge is 0.368 e. The molecule has 0 atom stereocenters. The second-order valence-corrected chi connectivity index (χ2v) is 7.27. The Kier molecular flexibility index (Phi) is 5.39. The molecule has 156 valence electrons. The van der Waals surface area contributed by atoms with Crippen LogP contribution in [0.3, 0.4) is 0 Å². The lowest BCUT2D eigenvalue weighted by Gasteiger charge is -2.36. The molecule has 0 unspecified atom stereocenters. The molecule has 1 aliphatic heterocycles. The lowest BCUT2D eigenvalue weighted by molar-refractivity contribution is -0.132. The molecule has 0 aliphatic carbocycles. The minimum Gasteiger partial charge on any atom is -0.368 e. The summed E-state index contributed by atoms with van der Waals surface area (Å²) >= 11 is 0. The Labute approximate surface area is 172 Å². The molecule has 3 aromatic rings. The van der Waals surface area contributed by atoms with E-state index in [0.29, 0.717) is 43.8 Å². The molecule has 2 aromatic carbocycles. The van der Waals surface area contributed by atoms with Gasteiger partial charge in [0.15, 0.2) is 0 Å². The molecule has 0 saturated carbocycles. The van der Waals surface area contributed by atoms with Gasteiger partial charge < -0.3 is 14.4 Å². The van der Waals surface area contributed by atoms with E-state index < -0.39 is 11.1 Å². The summed E-state index contributed by atoms with van der Waals surface area (Å²) in [7, 11) is 0. The minimum absolute atomic E-state index is 0.171. The third-order valence-corrected chi connectivity index (χ3v) is 5.57. The first kappa shape index (κ1) is 19.9. The van der Waals surface area contributed by atoms with Crippen molar-refractivity contribution in [1.82, 2.24) is 14.0 Å². The molecule has 30 heavy (non-hydrogen) atoms. The maximum Gasteiger partial charge on any atom is 0.317 e. The van der Waals surface area contributed by atoms with Crippen LogP contribution in [-0.2, 0) is 17.9 Å². The summed E-state index contributed by atoms with van der Waals surface area (Å²) in [5.74, 6) is -0.482. The summed E-state index contributed by atoms with van der Waals surface area (Å²) in [6, 6.07) is 13.4. The molecule has 0 radical (unpaired) electrons. The summed E-state index contributed by atoms with van der Waals surface area (Å²) in [5.41, 5.74) is 0.814. The Morgan fingerprint density at radius 3 is 2.03 bits per heavy atom. The predicted molar refractivity (Wildman–Crippen MR) is 113 cm³/mol. The zero-order valence-electron chi connectivity index (χ0n) is 16.8. The van der Waals surface area contributed by atoms with Crippen molar-refractivity contribution in [2.75, 3.05) is 31.1 Å². The number of nitrogens with zero attached hydrogens (tertiary/aromatic N) is 4. The number of piperazine rings is 1. The number of carbonyl (C=O) groups is 1. The van der Waals surface area contributed by atoms with Crippen LogP contribution in [-0.4, -0.2) is 46.1 Å². The quantitative estimate of drug-likeness (QED) is 0.614. The van der Waals surface area contributed by atoms with Gasteiger partial charge in [-0.1, -0.05) is 12.1 Å². The monoisotopic (exact) mass is 410 g/mol. The average Bonchev–Trinajstić information content (AvgIpc) is 2.78. The minimum atomic E-state index is -0.686. The molecule has 8 heteroatoms. The van der Waals surface area contributed by atoms with E-state index in [2.05, 4.69) is 4.90 Å². The van der Waals surface area contributed by atoms with Gasteiger partial charge in [0.2, 0.25) is 5.91 Å². The first-order valence-corrected chi connectivity index (χ1v) is 10.00. The molecular formula is C22H23FN4O3. The van der Waals surface area contributed by atoms with Gasteiger partial charge in [-0.2, -0.15) is 0 Å². The molecule has 1 fully saturated rings. The van der Waals surface area contributed by atoms with Crippen LogP contribution in [0.1, 0.15) is 6.92 Å². The number of aryl methyl sites for hydroxylation is 1. The number of rotatable bonds is 4. The van der Waals surface area contributed by atoms with Crippen molar-refractivity contribution in [3.8, 4) is 0 Å². The van der Waals surface area contributed by atoms with Crippen LogP contribution in [0.25, 0.3) is 11.0 Å². The van der Waals surface area contributed by atoms with E-state index in [9.17, 15) is 18.8 Å². The first-order valence-electron chi connectivity index (χ1n) is 10.00. The fourth-order valence-electron chi connectivity index (χ4n) is 3.94. The molecule has 2 heterocycles. The number of hydrogen-bond acceptors (Lipinski definition) is 4. The topological polar surface area (TPSA) is 67.5 Å². The summed E-state index contributed by atoms with van der Waals surface area (Å²) in [5, 5.41) is 0. The van der Waals surface area contributed by atoms with Gasteiger partial charge in [0.05, 0.1) is 11.0 Å². The molecule has 1 saturated heterocycles. The van der Waals surface area contributed by atoms with Crippen LogP contribution in [0.4, 0.5) is 10.1 Å². The fraction of sp³-hybridized carbons (Fsp3) is 0.318. The summed E-state index contributed by atoms with van der Waals surface area (Å²) in [6.07, 6.45) is 0. The smallest absolute Gasteiger partial charge is 0.317 e. The van der Waals surface area contributed by atoms with E-state index in [1.807, 2.05) is 6.92 Å². The highest BCUT2D eigenvalue weighted by atomic mass is 19.1. The number of halogens is 1. The van der Waals surface area contributed by atoms with Gasteiger partial charge in [-0.25, -0.2) is 4.39 Å². The highest BCUT2D eigenvalue weighted by molar-refractivity contribution is 5.80. The standard InChI is InChI=1S/C22H23FN4O3/c1-2-26-18-5-3-4-6-19(18)27(22(30)21(26)29)15-20(28)25-13-11-24(12-14-25)17-9-7-16(23)8-10-17/h3-10H,2,11-15H2,1H3. The zero-order valence-corrected chi connectivity index (χ0v) is 16.8. The number of anilines is 1. The van der Waals surface area contributed by atoms with Crippen LogP contribution in [0, 0.1) is 5.82 Å². The van der Waals surface area contributed by atoms with Crippen molar-refractivity contribution in [2.24, 2.45) is 0 Å². The molecule has 0 bridgehead atoms. The Hall–Kier alpha value is -3.42. The van der Waals surface area contributed by atoms with Crippen LogP contribution in [0.2, 0.25) is 0 Å². The number of carbonyl (C=O) groups excluding carboxylic acids is 1. The molecular weight excluding hydrogens is 387 g/mol. The van der Waals surface area contributed by atoms with Crippen molar-refractivity contribution in [3.05, 3.63) is 75.1 Å². The fourth-order valence-corrected chi connectivity index (χ4v) is 3.94. The Balaban J connectivity index is 1.53. The number of hydrogen-bond donors (Lipinski definition) is 0. The van der Waals surface area contributed by atoms with Gasteiger partial charge >= 0.3 is 11.1 Å². The number of fused-ring (bicyclic) bond motifs is 1. The van der Waals surface area contributed by atoms with Crippen molar-refractivity contribution >= 4 is 22.6 Å². The second-order valence-electron chi connectivity index (χ2n) is 7.27. The van der Waals surface area contributed by atoms with E-state index in [4.69, 9.17) is 0 Å². The molecule has 1 aromatic heterocycles. The maximum atomic E-state index is 13.1. The normalized spacial score (nSPS) is 14.3. The molecule has 1 amide bonds. The van der Waals surface area contributed by atoms with Gasteiger partial charge in [-0.05, 0) is 43.3 Å². The lowest BCUT2D eigenvalue weighted by Crippen LogP contribution is -2.51. The molecule has 1 aliphatic rings. The van der Waals surface area contributed by atoms with Gasteiger partial charge in [0, 0.05) is 38.4 Å². The highest BCUT2D eigenvalue weighted by Crippen LogP contribution is 2.17. The summed E-state index contributed by atoms with van der Waals surface area (Å²) in [6.45, 7) is 4.24. The lowest BCUT2D eigenvalue weighted by atomic mass is 10.2. The summed E-state index contributed by atoms with van der Waals surface area (Å²) in [4.78, 5) is 41.9. The van der Waals surface area contributed by atoms with E-state index in [0.717, 1.165) is 5.69 Å². The third kappa shape index (κ3) is 3.60. The Bertz CT molecular complexity index is 1190. The first-order chi connectivity index (χ1) is 14.5. The van der Waals surface area contributed by atoms with Crippen LogP contribution in [0.15, 0.2) is 58.1 Å². The number of aromatic nitrogens is 2.